The Labute approximate surface area is 257 Å². The Hall–Kier alpha value is -3.48. The third-order valence-corrected chi connectivity index (χ3v) is 9.07. The standard InChI is InChI=1S/C30H31ClN8OS2/c31-20-9-11-22(12-10-20)42-38-16-4-5-21(19-38)34-29-33-15-13-25(36-29)28-27(37-30-39(28)17-18-41-30)23-6-1-2-7-24(23)35-26(40)8-3-14-32/h1-2,6-7,9-13,15,17-18,21H,3-5,8,14,16,19,32H2,(H,35,40)(H,33,34,36)/t21-/m1/s1. The van der Waals surface area contributed by atoms with E-state index >= 15 is 0 Å². The Kier molecular flexibility index (Phi) is 9.01. The first-order valence-corrected chi connectivity index (χ1v) is 15.9. The molecule has 0 radical (unpaired) electrons. The number of hydrogen-bond donors (Lipinski definition) is 3. The van der Waals surface area contributed by atoms with Gasteiger partial charge in [0.1, 0.15) is 11.4 Å². The van der Waals surface area contributed by atoms with E-state index in [0.717, 1.165) is 58.6 Å². The van der Waals surface area contributed by atoms with Crippen molar-refractivity contribution >= 4 is 57.4 Å². The zero-order chi connectivity index (χ0) is 28.9. The van der Waals surface area contributed by atoms with Gasteiger partial charge < -0.3 is 16.4 Å². The average Bonchev–Trinajstić information content (AvgIpc) is 3.60. The molecular weight excluding hydrogens is 588 g/mol. The summed E-state index contributed by atoms with van der Waals surface area (Å²) in [6, 6.07) is 17.8. The lowest BCUT2D eigenvalue weighted by Crippen LogP contribution is -2.38. The molecule has 0 bridgehead atoms. The lowest BCUT2D eigenvalue weighted by atomic mass is 10.1. The molecule has 0 spiro atoms. The molecule has 6 rings (SSSR count). The van der Waals surface area contributed by atoms with E-state index in [4.69, 9.17) is 27.3 Å². The highest BCUT2D eigenvalue weighted by molar-refractivity contribution is 7.97. The summed E-state index contributed by atoms with van der Waals surface area (Å²) in [6.45, 7) is 2.36. The van der Waals surface area contributed by atoms with E-state index in [0.29, 0.717) is 31.0 Å². The number of hydrogen-bond acceptors (Lipinski definition) is 9. The van der Waals surface area contributed by atoms with Crippen LogP contribution in [-0.2, 0) is 4.79 Å². The zero-order valence-electron chi connectivity index (χ0n) is 22.9. The van der Waals surface area contributed by atoms with Crippen LogP contribution in [0.25, 0.3) is 27.6 Å². The van der Waals surface area contributed by atoms with Gasteiger partial charge in [-0.1, -0.05) is 29.8 Å². The van der Waals surface area contributed by atoms with E-state index in [1.54, 1.807) is 29.5 Å². The van der Waals surface area contributed by atoms with Crippen molar-refractivity contribution in [2.24, 2.45) is 5.73 Å². The van der Waals surface area contributed by atoms with Gasteiger partial charge in [0.15, 0.2) is 4.96 Å². The second-order valence-electron chi connectivity index (χ2n) is 10.0. The molecule has 3 aromatic heterocycles. The number of rotatable bonds is 10. The van der Waals surface area contributed by atoms with Crippen LogP contribution in [-0.4, -0.2) is 55.2 Å². The van der Waals surface area contributed by atoms with E-state index in [9.17, 15) is 4.79 Å². The van der Waals surface area contributed by atoms with Crippen molar-refractivity contribution in [1.82, 2.24) is 23.7 Å². The number of anilines is 2. The summed E-state index contributed by atoms with van der Waals surface area (Å²) in [5, 5.41) is 9.37. The van der Waals surface area contributed by atoms with E-state index < -0.39 is 0 Å². The predicted molar refractivity (Wildman–Crippen MR) is 172 cm³/mol. The molecule has 9 nitrogen and oxygen atoms in total. The molecule has 2 aromatic carbocycles. The first-order valence-electron chi connectivity index (χ1n) is 13.9. The fraction of sp³-hybridized carbons (Fsp3) is 0.267. The fourth-order valence-electron chi connectivity index (χ4n) is 5.02. The molecule has 1 aliphatic heterocycles. The summed E-state index contributed by atoms with van der Waals surface area (Å²) in [4.78, 5) is 29.1. The van der Waals surface area contributed by atoms with Crippen molar-refractivity contribution in [1.29, 1.82) is 0 Å². The van der Waals surface area contributed by atoms with Crippen LogP contribution < -0.4 is 16.4 Å². The van der Waals surface area contributed by atoms with Gasteiger partial charge in [-0.25, -0.2) is 19.3 Å². The lowest BCUT2D eigenvalue weighted by Gasteiger charge is -2.32. The van der Waals surface area contributed by atoms with Crippen LogP contribution in [0.4, 0.5) is 11.6 Å². The monoisotopic (exact) mass is 618 g/mol. The molecule has 1 aliphatic rings. The molecule has 5 aromatic rings. The third kappa shape index (κ3) is 6.61. The van der Waals surface area contributed by atoms with Gasteiger partial charge in [-0.3, -0.25) is 9.20 Å². The Morgan fingerprint density at radius 1 is 1.14 bits per heavy atom. The normalized spacial score (nSPS) is 15.6. The van der Waals surface area contributed by atoms with Gasteiger partial charge >= 0.3 is 0 Å². The van der Waals surface area contributed by atoms with Crippen LogP contribution >= 0.6 is 34.9 Å². The number of thiazole rings is 1. The SMILES string of the molecule is NCCCC(=O)Nc1ccccc1-c1nc2sccn2c1-c1ccnc(N[C@@H]2CCCN(Sc3ccc(Cl)cc3)C2)n1. The van der Waals surface area contributed by atoms with E-state index in [1.807, 2.05) is 58.4 Å². The van der Waals surface area contributed by atoms with Gasteiger partial charge in [-0.15, -0.1) is 11.3 Å². The molecule has 0 aliphatic carbocycles. The molecule has 1 fully saturated rings. The smallest absolute Gasteiger partial charge is 0.224 e. The first kappa shape index (κ1) is 28.6. The van der Waals surface area contributed by atoms with Crippen LogP contribution in [0.2, 0.25) is 5.02 Å². The largest absolute Gasteiger partial charge is 0.350 e. The number of piperidine rings is 1. The predicted octanol–water partition coefficient (Wildman–Crippen LogP) is 6.43. The van der Waals surface area contributed by atoms with Gasteiger partial charge in [-0.2, -0.15) is 0 Å². The maximum Gasteiger partial charge on any atom is 0.224 e. The number of nitrogens with zero attached hydrogens (tertiary/aromatic N) is 5. The Balaban J connectivity index is 1.25. The molecule has 1 atom stereocenters. The number of amides is 1. The highest BCUT2D eigenvalue weighted by Crippen LogP contribution is 2.37. The van der Waals surface area contributed by atoms with Crippen LogP contribution in [0, 0.1) is 0 Å². The Morgan fingerprint density at radius 3 is 2.86 bits per heavy atom. The number of nitrogens with one attached hydrogen (secondary N) is 2. The third-order valence-electron chi connectivity index (χ3n) is 6.99. The maximum atomic E-state index is 12.6. The molecule has 0 saturated carbocycles. The Morgan fingerprint density at radius 2 is 2.00 bits per heavy atom. The lowest BCUT2D eigenvalue weighted by molar-refractivity contribution is -0.116. The first-order chi connectivity index (χ1) is 20.6. The minimum atomic E-state index is -0.0697. The van der Waals surface area contributed by atoms with Gasteiger partial charge in [-0.05, 0) is 74.2 Å². The number of imidazole rings is 1. The number of carbonyl (C=O) groups is 1. The summed E-state index contributed by atoms with van der Waals surface area (Å²) in [5.74, 6) is 0.509. The summed E-state index contributed by atoms with van der Waals surface area (Å²) in [7, 11) is 0. The number of para-hydroxylation sites is 1. The summed E-state index contributed by atoms with van der Waals surface area (Å²) < 4.78 is 4.42. The van der Waals surface area contributed by atoms with E-state index in [-0.39, 0.29) is 11.9 Å². The molecule has 12 heteroatoms. The van der Waals surface area contributed by atoms with Crippen molar-refractivity contribution in [3.8, 4) is 22.6 Å². The molecule has 4 heterocycles. The van der Waals surface area contributed by atoms with Crippen LogP contribution in [0.5, 0.6) is 0 Å². The van der Waals surface area contributed by atoms with Crippen LogP contribution in [0.1, 0.15) is 25.7 Å². The van der Waals surface area contributed by atoms with Gasteiger partial charge in [0, 0.05) is 58.8 Å². The van der Waals surface area contributed by atoms with Gasteiger partial charge in [0.2, 0.25) is 11.9 Å². The summed E-state index contributed by atoms with van der Waals surface area (Å²) >= 11 is 9.36. The van der Waals surface area contributed by atoms with Gasteiger partial charge in [0.25, 0.3) is 0 Å². The number of carbonyl (C=O) groups excluding carboxylic acids is 1. The topological polar surface area (TPSA) is 113 Å². The molecule has 1 saturated heterocycles. The average molecular weight is 619 g/mol. The number of halogens is 1. The zero-order valence-corrected chi connectivity index (χ0v) is 25.3. The Bertz CT molecular complexity index is 1670. The number of aromatic nitrogens is 4. The second-order valence-corrected chi connectivity index (χ2v) is 12.5. The van der Waals surface area contributed by atoms with Crippen molar-refractivity contribution in [3.05, 3.63) is 77.4 Å². The van der Waals surface area contributed by atoms with Crippen molar-refractivity contribution in [2.45, 2.75) is 36.6 Å². The molecule has 216 valence electrons. The quantitative estimate of drug-likeness (QED) is 0.153. The van der Waals surface area contributed by atoms with Crippen molar-refractivity contribution in [2.75, 3.05) is 30.3 Å². The van der Waals surface area contributed by atoms with Crippen molar-refractivity contribution < 1.29 is 4.79 Å². The maximum absolute atomic E-state index is 12.6. The minimum Gasteiger partial charge on any atom is -0.350 e. The molecule has 0 unspecified atom stereocenters. The van der Waals surface area contributed by atoms with E-state index in [2.05, 4.69) is 32.1 Å². The van der Waals surface area contributed by atoms with Gasteiger partial charge in [0.05, 0.1) is 11.4 Å². The van der Waals surface area contributed by atoms with Crippen molar-refractivity contribution in [3.63, 3.8) is 0 Å². The highest BCUT2D eigenvalue weighted by Gasteiger charge is 2.24. The molecule has 42 heavy (non-hydrogen) atoms. The summed E-state index contributed by atoms with van der Waals surface area (Å²) in [5.41, 5.74) is 9.50. The van der Waals surface area contributed by atoms with Crippen LogP contribution in [0.3, 0.4) is 0 Å². The molecule has 1 amide bonds. The number of fused-ring (bicyclic) bond motifs is 1. The highest BCUT2D eigenvalue weighted by atomic mass is 35.5. The van der Waals surface area contributed by atoms with Crippen LogP contribution in [0.15, 0.2) is 77.3 Å². The number of nitrogens with two attached hydrogens (primary N) is 1. The second kappa shape index (κ2) is 13.2. The minimum absolute atomic E-state index is 0.0697. The van der Waals surface area contributed by atoms with E-state index in [1.165, 1.54) is 4.90 Å². The molecular formula is C30H31ClN8OS2. The molecule has 4 N–H and O–H groups in total. The summed E-state index contributed by atoms with van der Waals surface area (Å²) in [6.07, 6.45) is 6.89. The fourth-order valence-corrected chi connectivity index (χ4v) is 6.89. The number of benzene rings is 2.